The quantitative estimate of drug-likeness (QED) is 0.0149. The molecule has 5 aliphatic heterocycles. The normalized spacial score (nSPS) is 29.3. The van der Waals surface area contributed by atoms with Gasteiger partial charge in [-0.05, 0) is 81.7 Å². The molecule has 0 unspecified atom stereocenters. The maximum Gasteiger partial charge on any atom is 0.351 e. The highest BCUT2D eigenvalue weighted by atomic mass is 16.6. The lowest BCUT2D eigenvalue weighted by molar-refractivity contribution is -0.158. The van der Waals surface area contributed by atoms with Crippen LogP contribution in [0, 0.1) is 29.6 Å². The van der Waals surface area contributed by atoms with Crippen molar-refractivity contribution >= 4 is 58.9 Å². The Bertz CT molecular complexity index is 4500. The predicted octanol–water partition coefficient (Wildman–Crippen LogP) is -4.33. The number of carbonyl (C=O) groups is 5. The summed E-state index contributed by atoms with van der Waals surface area (Å²) < 4.78 is 57.9. The molecule has 9 aliphatic rings. The van der Waals surface area contributed by atoms with E-state index in [9.17, 15) is 99.0 Å². The van der Waals surface area contributed by atoms with Crippen molar-refractivity contribution in [2.75, 3.05) is 60.4 Å². The molecule has 0 aromatic carbocycles. The van der Waals surface area contributed by atoms with Crippen LogP contribution in [0.25, 0.3) is 0 Å². The van der Waals surface area contributed by atoms with E-state index < -0.39 is 157 Å². The minimum absolute atomic E-state index is 0.0581. The van der Waals surface area contributed by atoms with E-state index >= 15 is 0 Å². The second kappa shape index (κ2) is 43.1. The summed E-state index contributed by atoms with van der Waals surface area (Å²) in [6.07, 6.45) is -5.37. The van der Waals surface area contributed by atoms with Crippen molar-refractivity contribution < 1.29 is 148 Å². The monoisotopic (exact) mass is 1720 g/mol. The number of nitrogens with zero attached hydrogens (tertiary/aromatic N) is 10. The van der Waals surface area contributed by atoms with E-state index in [4.69, 9.17) is 73.4 Å². The van der Waals surface area contributed by atoms with Crippen molar-refractivity contribution in [2.24, 2.45) is 29.6 Å². The molecule has 121 heavy (non-hydrogen) atoms. The van der Waals surface area contributed by atoms with Crippen molar-refractivity contribution in [3.8, 4) is 0 Å². The van der Waals surface area contributed by atoms with Crippen molar-refractivity contribution in [2.45, 2.75) is 226 Å². The third-order valence-electron chi connectivity index (χ3n) is 21.2. The average molecular weight is 1720 g/mol. The first kappa shape index (κ1) is 93.2. The number of anilines is 5. The fourth-order valence-corrected chi connectivity index (χ4v) is 13.7. The molecule has 4 aliphatic carbocycles. The second-order valence-corrected chi connectivity index (χ2v) is 29.8. The van der Waals surface area contributed by atoms with Crippen LogP contribution in [0.1, 0.15) is 135 Å². The van der Waals surface area contributed by atoms with Gasteiger partial charge >= 0.3 is 58.3 Å². The van der Waals surface area contributed by atoms with Crippen molar-refractivity contribution in [1.82, 2.24) is 47.8 Å². The molecule has 10 heterocycles. The molecule has 50 nitrogen and oxygen atoms in total. The molecule has 20 N–H and O–H groups in total. The second-order valence-electron chi connectivity index (χ2n) is 29.8. The van der Waals surface area contributed by atoms with E-state index in [1.54, 1.807) is 41.2 Å². The van der Waals surface area contributed by atoms with Gasteiger partial charge in [-0.3, -0.25) is 100 Å². The van der Waals surface area contributed by atoms with Gasteiger partial charge in [0.25, 0.3) is 0 Å². The molecule has 50 heteroatoms. The number of carbonyl (C=O) groups excluding carboxylic acids is 5. The highest BCUT2D eigenvalue weighted by molar-refractivity contribution is 5.75. The Morgan fingerprint density at radius 1 is 0.322 bits per heavy atom. The molecule has 0 amide bonds. The molecule has 668 valence electrons. The molecule has 5 saturated heterocycles. The lowest BCUT2D eigenvalue weighted by Crippen LogP contribution is -2.37. The number of hydrogen-bond acceptors (Lipinski definition) is 45. The molecular formula is C71H99N15O35. The number of nitrogens with one attached hydrogen (secondary N) is 5. The fourth-order valence-electron chi connectivity index (χ4n) is 13.7. The van der Waals surface area contributed by atoms with Gasteiger partial charge in [0.05, 0.1) is 29.6 Å². The van der Waals surface area contributed by atoms with E-state index in [-0.39, 0.29) is 116 Å². The SMILES string of the molecule is CC(C)C(=O)OC[C@H]1O[C@@H](n2ccc(NO)nc2=O)[C@H](O)[C@@H]1O.O=C(OC[C@H]1O[C@@H](n2ccc(NO)nc2=O)[C@H](O)[C@@H]1O)C1CC1.O=C(OC[C@H]1O[C@@H](n2ccc(NO)nc2=O)[C@H](O)[C@@H]1O)C1CCC1.O=C(OC[C@H]1O[C@@H](n2ccc(NO)nc2=O)[C@H](O)[C@@H]1O)C1CCCC1.O=C(OC[C@H]1O[C@@H](n2ccc(NO)nc2=O)[C@H](O)[C@@H]1O)C1CCCCC1. The highest BCUT2D eigenvalue weighted by Crippen LogP contribution is 2.37. The van der Waals surface area contributed by atoms with Gasteiger partial charge in [-0.25, -0.2) is 24.0 Å². The maximum absolute atomic E-state index is 12.1. The van der Waals surface area contributed by atoms with Gasteiger partial charge in [0.2, 0.25) is 0 Å². The number of rotatable bonds is 25. The summed E-state index contributed by atoms with van der Waals surface area (Å²) in [6, 6.07) is 6.49. The Morgan fingerprint density at radius 2 is 0.521 bits per heavy atom. The minimum Gasteiger partial charge on any atom is -0.463 e. The highest BCUT2D eigenvalue weighted by Gasteiger charge is 2.50. The zero-order valence-corrected chi connectivity index (χ0v) is 65.0. The van der Waals surface area contributed by atoms with E-state index in [0.29, 0.717) is 0 Å². The Morgan fingerprint density at radius 3 is 0.702 bits per heavy atom. The number of hydrogen-bond donors (Lipinski definition) is 20. The van der Waals surface area contributed by atoms with Gasteiger partial charge in [-0.15, -0.1) is 0 Å². The first-order chi connectivity index (χ1) is 57.9. The van der Waals surface area contributed by atoms with Crippen LogP contribution >= 0.6 is 0 Å². The van der Waals surface area contributed by atoms with Crippen LogP contribution in [0.5, 0.6) is 0 Å². The van der Waals surface area contributed by atoms with Gasteiger partial charge in [0, 0.05) is 31.0 Å². The lowest BCUT2D eigenvalue weighted by Gasteiger charge is -2.24. The molecule has 14 rings (SSSR count). The van der Waals surface area contributed by atoms with Crippen molar-refractivity contribution in [3.05, 3.63) is 114 Å². The summed E-state index contributed by atoms with van der Waals surface area (Å²) in [4.78, 5) is 136. The first-order valence-electron chi connectivity index (χ1n) is 38.8. The lowest BCUT2D eigenvalue weighted by atomic mass is 9.86. The number of esters is 5. The van der Waals surface area contributed by atoms with E-state index in [1.165, 1.54) is 61.3 Å². The smallest absolute Gasteiger partial charge is 0.351 e. The summed E-state index contributed by atoms with van der Waals surface area (Å²) in [5.74, 6) is -2.88. The summed E-state index contributed by atoms with van der Waals surface area (Å²) in [7, 11) is 0. The summed E-state index contributed by atoms with van der Waals surface area (Å²) >= 11 is 0. The van der Waals surface area contributed by atoms with Crippen LogP contribution in [0.3, 0.4) is 0 Å². The third kappa shape index (κ3) is 23.4. The minimum atomic E-state index is -1.40. The molecule has 4 saturated carbocycles. The first-order valence-corrected chi connectivity index (χ1v) is 38.8. The van der Waals surface area contributed by atoms with Gasteiger partial charge in [0.1, 0.15) is 125 Å². The molecule has 0 radical (unpaired) electrons. The van der Waals surface area contributed by atoms with Crippen LogP contribution in [0.4, 0.5) is 29.1 Å². The van der Waals surface area contributed by atoms with Crippen molar-refractivity contribution in [3.63, 3.8) is 0 Å². The molecule has 20 atom stereocenters. The predicted molar refractivity (Wildman–Crippen MR) is 397 cm³/mol. The third-order valence-corrected chi connectivity index (χ3v) is 21.2. The van der Waals surface area contributed by atoms with Crippen LogP contribution in [-0.2, 0) is 71.3 Å². The van der Waals surface area contributed by atoms with Crippen LogP contribution < -0.4 is 55.8 Å². The topological polar surface area (TPSA) is 716 Å². The van der Waals surface area contributed by atoms with Crippen LogP contribution in [-0.4, -0.2) is 279 Å². The number of aliphatic hydroxyl groups excluding tert-OH is 10. The Kier molecular flexibility index (Phi) is 33.2. The largest absolute Gasteiger partial charge is 0.463 e. The Labute approximate surface area is 683 Å². The standard InChI is InChI=1S/C16H23N3O7.C15H21N3O7.C14H19N3O7.C13H17N3O7.C13H19N3O7/c20-12-10(8-25-15(22)9-4-2-1-3-5-9)26-14(13(12)21)19-7-6-11(18-24)17-16(19)23;19-11-9(7-24-14(21)8-3-1-2-4-8)25-13(12(11)20)18-6-5-10(17-23)16-15(18)22;18-10-8(6-23-13(20)7-2-1-3-7)24-12(11(10)19)17-5-4-9(16-22)15-14(17)21;17-9-7(5-22-12(19)6-1-2-6)23-11(10(9)18)16-4-3-8(15-21)14-13(16)20;1-6(2)12(19)22-5-7-9(17)10(18)11(23-7)16-4-3-8(15-21)14-13(16)20/h6-7,9-10,12-14,20-21,24H,1-5,8H2,(H,17,18,23);5-6,8-9,11-13,19-20,23H,1-4,7H2,(H,16,17,22);4-5,7-8,10-12,18-19,22H,1-3,6H2,(H,15,16,21);3-4,6-7,9-11,17-18,21H,1-2,5H2,(H,14,15,20);3-4,6-7,9-11,17-18,21H,5H2,1-2H3,(H,14,15,20)/t10-,12-,13-,14-;9-,11-,12-,13-;8-,10-,11-,12-;2*7-,9-,10-,11-/m11111/s1. The zero-order valence-electron chi connectivity index (χ0n) is 65.0. The molecular weight excluding hydrogens is 1620 g/mol. The Balaban J connectivity index is 0.000000159. The van der Waals surface area contributed by atoms with E-state index in [0.717, 1.165) is 113 Å². The molecule has 0 spiro atoms. The van der Waals surface area contributed by atoms with Gasteiger partial charge in [-0.1, -0.05) is 52.4 Å². The maximum atomic E-state index is 12.1. The average Bonchev–Trinajstić information content (AvgIpc) is 1.68. The molecule has 5 aromatic rings. The molecule has 0 bridgehead atoms. The van der Waals surface area contributed by atoms with Gasteiger partial charge < -0.3 is 98.4 Å². The van der Waals surface area contributed by atoms with Crippen LogP contribution in [0.2, 0.25) is 0 Å². The number of aromatic nitrogens is 10. The van der Waals surface area contributed by atoms with Gasteiger partial charge in [0.15, 0.2) is 60.2 Å². The Hall–Kier alpha value is -10.0. The van der Waals surface area contributed by atoms with Gasteiger partial charge in [-0.2, -0.15) is 24.9 Å². The summed E-state index contributed by atoms with van der Waals surface area (Å²) in [5, 5.41) is 144. The fraction of sp³-hybridized carbons (Fsp3) is 0.648. The van der Waals surface area contributed by atoms with E-state index in [2.05, 4.69) is 24.9 Å². The van der Waals surface area contributed by atoms with E-state index in [1.807, 2.05) is 0 Å². The summed E-state index contributed by atoms with van der Waals surface area (Å²) in [6.45, 7) is 2.25. The summed E-state index contributed by atoms with van der Waals surface area (Å²) in [5.41, 5.74) is 4.76. The van der Waals surface area contributed by atoms with Crippen molar-refractivity contribution in [1.29, 1.82) is 0 Å². The number of ether oxygens (including phenoxy) is 10. The zero-order chi connectivity index (χ0) is 87.6. The molecule has 9 fully saturated rings. The number of aliphatic hydroxyl groups is 10. The van der Waals surface area contributed by atoms with Crippen LogP contribution in [0.15, 0.2) is 85.3 Å². The molecule has 5 aromatic heterocycles.